The van der Waals surface area contributed by atoms with Crippen LogP contribution in [0.5, 0.6) is 5.75 Å². The Morgan fingerprint density at radius 2 is 1.96 bits per heavy atom. The summed E-state index contributed by atoms with van der Waals surface area (Å²) in [6.45, 7) is -0.198. The van der Waals surface area contributed by atoms with Crippen molar-refractivity contribution >= 4 is 17.8 Å². The third-order valence-electron chi connectivity index (χ3n) is 3.89. The number of nitrogens with zero attached hydrogens (tertiary/aromatic N) is 2. The number of hydrogen-bond donors (Lipinski definition) is 3. The lowest BCUT2D eigenvalue weighted by Gasteiger charge is -2.11. The zero-order valence-corrected chi connectivity index (χ0v) is 13.9. The lowest BCUT2D eigenvalue weighted by Crippen LogP contribution is -2.25. The van der Waals surface area contributed by atoms with Crippen molar-refractivity contribution in [3.8, 4) is 5.75 Å². The molecule has 1 saturated carbocycles. The van der Waals surface area contributed by atoms with E-state index in [2.05, 4.69) is 20.6 Å². The van der Waals surface area contributed by atoms with Gasteiger partial charge in [0.25, 0.3) is 5.91 Å². The van der Waals surface area contributed by atoms with Crippen molar-refractivity contribution in [1.29, 1.82) is 0 Å². The minimum absolute atomic E-state index is 0.0106. The van der Waals surface area contributed by atoms with Crippen LogP contribution in [0.4, 0.5) is 19.1 Å². The number of aromatic nitrogens is 2. The third-order valence-corrected chi connectivity index (χ3v) is 3.89. The molecule has 0 unspecified atom stereocenters. The highest BCUT2D eigenvalue weighted by Crippen LogP contribution is 2.36. The van der Waals surface area contributed by atoms with Crippen LogP contribution in [0.2, 0.25) is 0 Å². The molecule has 1 aliphatic rings. The second-order valence-corrected chi connectivity index (χ2v) is 6.06. The molecule has 1 heterocycles. The van der Waals surface area contributed by atoms with E-state index in [-0.39, 0.29) is 35.6 Å². The van der Waals surface area contributed by atoms with Crippen LogP contribution in [0.25, 0.3) is 0 Å². The van der Waals surface area contributed by atoms with Crippen LogP contribution in [0.3, 0.4) is 0 Å². The standard InChI is InChI=1S/C17H15F3N4O3/c18-17(19,20)11-7-9(1-4-13(11)25)8-22-15(27)12-5-6-21-16(23-12)24-14(26)10-2-3-10/h1,4-7,10,25H,2-3,8H2,(H,22,27)(H,21,23,24,26). The van der Waals surface area contributed by atoms with Gasteiger partial charge in [-0.15, -0.1) is 0 Å². The Bertz CT molecular complexity index is 882. The SMILES string of the molecule is O=C(NCc1ccc(O)c(C(F)(F)F)c1)c1ccnc(NC(=O)C2CC2)n1. The van der Waals surface area contributed by atoms with E-state index in [1.54, 1.807) is 0 Å². The first-order valence-corrected chi connectivity index (χ1v) is 8.05. The van der Waals surface area contributed by atoms with Gasteiger partial charge in [0, 0.05) is 18.7 Å². The van der Waals surface area contributed by atoms with Crippen LogP contribution < -0.4 is 10.6 Å². The molecule has 27 heavy (non-hydrogen) atoms. The molecule has 1 aromatic carbocycles. The molecule has 0 spiro atoms. The van der Waals surface area contributed by atoms with E-state index in [1.165, 1.54) is 18.3 Å². The summed E-state index contributed by atoms with van der Waals surface area (Å²) in [4.78, 5) is 31.7. The number of carbonyl (C=O) groups is 2. The Kier molecular flexibility index (Phi) is 4.98. The fourth-order valence-corrected chi connectivity index (χ4v) is 2.30. The minimum Gasteiger partial charge on any atom is -0.507 e. The number of nitrogens with one attached hydrogen (secondary N) is 2. The molecule has 2 aromatic rings. The molecule has 1 fully saturated rings. The molecule has 1 aromatic heterocycles. The molecule has 7 nitrogen and oxygen atoms in total. The largest absolute Gasteiger partial charge is 0.507 e. The maximum Gasteiger partial charge on any atom is 0.419 e. The molecule has 3 rings (SSSR count). The van der Waals surface area contributed by atoms with Gasteiger partial charge in [0.05, 0.1) is 5.56 Å². The number of amides is 2. The third kappa shape index (κ3) is 4.72. The van der Waals surface area contributed by atoms with Gasteiger partial charge in [0.1, 0.15) is 11.4 Å². The second kappa shape index (κ2) is 7.22. The molecular weight excluding hydrogens is 365 g/mol. The van der Waals surface area contributed by atoms with Gasteiger partial charge in [-0.3, -0.25) is 14.9 Å². The summed E-state index contributed by atoms with van der Waals surface area (Å²) in [5.74, 6) is -1.80. The molecular formula is C17H15F3N4O3. The minimum atomic E-state index is -4.70. The van der Waals surface area contributed by atoms with Crippen molar-refractivity contribution in [2.45, 2.75) is 25.6 Å². The van der Waals surface area contributed by atoms with Gasteiger partial charge in [-0.25, -0.2) is 9.97 Å². The molecule has 0 bridgehead atoms. The first-order chi connectivity index (χ1) is 12.7. The van der Waals surface area contributed by atoms with Crippen LogP contribution >= 0.6 is 0 Å². The van der Waals surface area contributed by atoms with Crippen LogP contribution in [-0.2, 0) is 17.5 Å². The Morgan fingerprint density at radius 3 is 2.63 bits per heavy atom. The molecule has 0 aliphatic heterocycles. The number of alkyl halides is 3. The first kappa shape index (κ1) is 18.6. The first-order valence-electron chi connectivity index (χ1n) is 8.05. The summed E-state index contributed by atoms with van der Waals surface area (Å²) in [7, 11) is 0. The van der Waals surface area contributed by atoms with Gasteiger partial charge in [-0.05, 0) is 36.6 Å². The van der Waals surface area contributed by atoms with Crippen molar-refractivity contribution in [3.05, 3.63) is 47.3 Å². The summed E-state index contributed by atoms with van der Waals surface area (Å²) in [5.41, 5.74) is -1.06. The van der Waals surface area contributed by atoms with E-state index >= 15 is 0 Å². The summed E-state index contributed by atoms with van der Waals surface area (Å²) >= 11 is 0. The average Bonchev–Trinajstić information content (AvgIpc) is 3.45. The summed E-state index contributed by atoms with van der Waals surface area (Å²) < 4.78 is 38.4. The van der Waals surface area contributed by atoms with Crippen molar-refractivity contribution in [2.24, 2.45) is 5.92 Å². The molecule has 2 amide bonds. The molecule has 0 atom stereocenters. The van der Waals surface area contributed by atoms with Gasteiger partial charge in [-0.2, -0.15) is 13.2 Å². The Hall–Kier alpha value is -3.17. The van der Waals surface area contributed by atoms with E-state index in [4.69, 9.17) is 0 Å². The van der Waals surface area contributed by atoms with Gasteiger partial charge in [0.15, 0.2) is 0 Å². The maximum absolute atomic E-state index is 12.8. The fraction of sp³-hybridized carbons (Fsp3) is 0.294. The lowest BCUT2D eigenvalue weighted by molar-refractivity contribution is -0.138. The smallest absolute Gasteiger partial charge is 0.419 e. The van der Waals surface area contributed by atoms with Crippen LogP contribution in [0, 0.1) is 5.92 Å². The average molecular weight is 380 g/mol. The highest BCUT2D eigenvalue weighted by molar-refractivity contribution is 5.94. The van der Waals surface area contributed by atoms with Gasteiger partial charge < -0.3 is 10.4 Å². The Labute approximate surface area is 151 Å². The number of aromatic hydroxyl groups is 1. The normalized spacial score (nSPS) is 13.9. The van der Waals surface area contributed by atoms with Gasteiger partial charge in [-0.1, -0.05) is 6.07 Å². The molecule has 3 N–H and O–H groups in total. The van der Waals surface area contributed by atoms with E-state index < -0.39 is 23.4 Å². The van der Waals surface area contributed by atoms with Crippen LogP contribution in [0.15, 0.2) is 30.5 Å². The zero-order chi connectivity index (χ0) is 19.6. The number of anilines is 1. The highest BCUT2D eigenvalue weighted by atomic mass is 19.4. The number of benzene rings is 1. The molecule has 0 radical (unpaired) electrons. The van der Waals surface area contributed by atoms with E-state index in [0.717, 1.165) is 25.0 Å². The number of phenols is 1. The lowest BCUT2D eigenvalue weighted by atomic mass is 10.1. The van der Waals surface area contributed by atoms with Gasteiger partial charge in [0.2, 0.25) is 11.9 Å². The number of hydrogen-bond acceptors (Lipinski definition) is 5. The van der Waals surface area contributed by atoms with Crippen LogP contribution in [-0.4, -0.2) is 26.9 Å². The summed E-state index contributed by atoms with van der Waals surface area (Å²) in [5, 5.41) is 14.3. The molecule has 142 valence electrons. The van der Waals surface area contributed by atoms with Gasteiger partial charge >= 0.3 is 6.18 Å². The molecule has 10 heteroatoms. The highest BCUT2D eigenvalue weighted by Gasteiger charge is 2.34. The van der Waals surface area contributed by atoms with Crippen molar-refractivity contribution in [3.63, 3.8) is 0 Å². The van der Waals surface area contributed by atoms with Crippen molar-refractivity contribution in [1.82, 2.24) is 15.3 Å². The summed E-state index contributed by atoms with van der Waals surface area (Å²) in [6, 6.07) is 4.27. The quantitative estimate of drug-likeness (QED) is 0.739. The molecule has 1 aliphatic carbocycles. The van der Waals surface area contributed by atoms with E-state index in [9.17, 15) is 27.9 Å². The number of carbonyl (C=O) groups excluding carboxylic acids is 2. The Balaban J connectivity index is 1.65. The summed E-state index contributed by atoms with van der Waals surface area (Å²) in [6.07, 6.45) is -1.80. The number of phenolic OH excluding ortho intramolecular Hbond substituents is 1. The van der Waals surface area contributed by atoms with Crippen LogP contribution in [0.1, 0.15) is 34.5 Å². The van der Waals surface area contributed by atoms with E-state index in [1.807, 2.05) is 0 Å². The fourth-order valence-electron chi connectivity index (χ4n) is 2.30. The monoisotopic (exact) mass is 380 g/mol. The maximum atomic E-state index is 12.8. The zero-order valence-electron chi connectivity index (χ0n) is 13.9. The predicted molar refractivity (Wildman–Crippen MR) is 87.7 cm³/mol. The topological polar surface area (TPSA) is 104 Å². The Morgan fingerprint density at radius 1 is 1.22 bits per heavy atom. The molecule has 0 saturated heterocycles. The number of halogens is 3. The predicted octanol–water partition coefficient (Wildman–Crippen LogP) is 2.48. The van der Waals surface area contributed by atoms with E-state index in [0.29, 0.717) is 0 Å². The van der Waals surface area contributed by atoms with Crippen molar-refractivity contribution < 1.29 is 27.9 Å². The second-order valence-electron chi connectivity index (χ2n) is 6.06. The number of rotatable bonds is 5. The van der Waals surface area contributed by atoms with Crippen molar-refractivity contribution in [2.75, 3.05) is 5.32 Å².